The van der Waals surface area contributed by atoms with E-state index in [0.29, 0.717) is 5.01 Å². The molecule has 1 saturated carbocycles. The van der Waals surface area contributed by atoms with Gasteiger partial charge in [0.2, 0.25) is 5.91 Å². The average molecular weight is 344 g/mol. The van der Waals surface area contributed by atoms with E-state index in [4.69, 9.17) is 5.11 Å². The summed E-state index contributed by atoms with van der Waals surface area (Å²) in [6.45, 7) is 5.91. The van der Waals surface area contributed by atoms with Gasteiger partial charge >= 0.3 is 5.97 Å². The monoisotopic (exact) mass is 344 g/mol. The van der Waals surface area contributed by atoms with Crippen molar-refractivity contribution in [3.63, 3.8) is 0 Å². The number of carbonyl (C=O) groups is 2. The normalized spacial score (nSPS) is 16.5. The van der Waals surface area contributed by atoms with Gasteiger partial charge < -0.3 is 10.4 Å². The standard InChI is InChI=1S/C18H20N2O3S/c1-10-6-11(2)8-13(7-10)18(4-5-18)17(23)20-12(3)15-19-9-14(24-15)16(21)22/h6-9,12H,4-5H2,1-3H3,(H,20,23)(H,21,22). The van der Waals surface area contributed by atoms with Crippen molar-refractivity contribution in [2.24, 2.45) is 0 Å². The highest BCUT2D eigenvalue weighted by Crippen LogP contribution is 2.49. The summed E-state index contributed by atoms with van der Waals surface area (Å²) in [7, 11) is 0. The molecule has 5 nitrogen and oxygen atoms in total. The highest BCUT2D eigenvalue weighted by atomic mass is 32.1. The maximum absolute atomic E-state index is 12.8. The largest absolute Gasteiger partial charge is 0.477 e. The molecule has 1 aliphatic rings. The smallest absolute Gasteiger partial charge is 0.347 e. The molecule has 0 spiro atoms. The molecule has 1 unspecified atom stereocenters. The second kappa shape index (κ2) is 6.02. The maximum Gasteiger partial charge on any atom is 0.347 e. The van der Waals surface area contributed by atoms with Crippen LogP contribution in [-0.2, 0) is 10.2 Å². The summed E-state index contributed by atoms with van der Waals surface area (Å²) in [6, 6.07) is 5.95. The third kappa shape index (κ3) is 3.06. The number of carboxylic acids is 1. The zero-order chi connectivity index (χ0) is 17.5. The number of carboxylic acid groups (broad SMARTS) is 1. The zero-order valence-electron chi connectivity index (χ0n) is 13.9. The summed E-state index contributed by atoms with van der Waals surface area (Å²) in [5.41, 5.74) is 2.93. The Labute approximate surface area is 144 Å². The summed E-state index contributed by atoms with van der Waals surface area (Å²) in [6.07, 6.45) is 3.02. The van der Waals surface area contributed by atoms with Crippen LogP contribution in [0.3, 0.4) is 0 Å². The minimum absolute atomic E-state index is 0.00734. The van der Waals surface area contributed by atoms with Gasteiger partial charge in [-0.15, -0.1) is 11.3 Å². The van der Waals surface area contributed by atoms with Crippen LogP contribution >= 0.6 is 11.3 Å². The molecule has 126 valence electrons. The van der Waals surface area contributed by atoms with Gasteiger partial charge in [-0.05, 0) is 39.2 Å². The van der Waals surface area contributed by atoms with Crippen molar-refractivity contribution in [2.45, 2.75) is 45.1 Å². The predicted octanol–water partition coefficient (Wildman–Crippen LogP) is 3.37. The van der Waals surface area contributed by atoms with Crippen molar-refractivity contribution in [1.82, 2.24) is 10.3 Å². The van der Waals surface area contributed by atoms with Crippen molar-refractivity contribution in [2.75, 3.05) is 0 Å². The molecule has 1 fully saturated rings. The molecule has 24 heavy (non-hydrogen) atoms. The van der Waals surface area contributed by atoms with Crippen LogP contribution in [0, 0.1) is 13.8 Å². The first-order chi connectivity index (χ1) is 11.3. The molecule has 3 rings (SSSR count). The fraction of sp³-hybridized carbons (Fsp3) is 0.389. The van der Waals surface area contributed by atoms with Crippen molar-refractivity contribution < 1.29 is 14.7 Å². The molecule has 1 aromatic heterocycles. The van der Waals surface area contributed by atoms with Gasteiger partial charge in [-0.1, -0.05) is 29.3 Å². The Morgan fingerprint density at radius 3 is 2.38 bits per heavy atom. The van der Waals surface area contributed by atoms with E-state index in [9.17, 15) is 9.59 Å². The summed E-state index contributed by atoms with van der Waals surface area (Å²) in [5.74, 6) is -1.00. The molecular formula is C18H20N2O3S. The fourth-order valence-corrected chi connectivity index (χ4v) is 3.77. The van der Waals surface area contributed by atoms with E-state index >= 15 is 0 Å². The Bertz CT molecular complexity index is 788. The molecular weight excluding hydrogens is 324 g/mol. The molecule has 1 aliphatic carbocycles. The number of aryl methyl sites for hydroxylation is 2. The van der Waals surface area contributed by atoms with E-state index in [1.165, 1.54) is 6.20 Å². The third-order valence-electron chi connectivity index (χ3n) is 4.41. The van der Waals surface area contributed by atoms with Gasteiger partial charge in [0.05, 0.1) is 17.7 Å². The molecule has 1 heterocycles. The number of nitrogens with zero attached hydrogens (tertiary/aromatic N) is 1. The van der Waals surface area contributed by atoms with Crippen LogP contribution in [0.25, 0.3) is 0 Å². The van der Waals surface area contributed by atoms with E-state index in [1.54, 1.807) is 0 Å². The van der Waals surface area contributed by atoms with Crippen molar-refractivity contribution in [3.8, 4) is 0 Å². The van der Waals surface area contributed by atoms with E-state index in [2.05, 4.69) is 28.5 Å². The second-order valence-corrected chi connectivity index (χ2v) is 7.58. The SMILES string of the molecule is Cc1cc(C)cc(C2(C(=O)NC(C)c3ncc(C(=O)O)s3)CC2)c1. The van der Waals surface area contributed by atoms with E-state index in [0.717, 1.165) is 40.9 Å². The number of thiazole rings is 1. The molecule has 1 amide bonds. The number of nitrogens with one attached hydrogen (secondary N) is 1. The number of hydrogen-bond acceptors (Lipinski definition) is 4. The summed E-state index contributed by atoms with van der Waals surface area (Å²) >= 11 is 1.10. The van der Waals surface area contributed by atoms with Gasteiger partial charge in [0.15, 0.2) is 0 Å². The summed E-state index contributed by atoms with van der Waals surface area (Å²) < 4.78 is 0. The van der Waals surface area contributed by atoms with Gasteiger partial charge in [0, 0.05) is 0 Å². The molecule has 6 heteroatoms. The van der Waals surface area contributed by atoms with Gasteiger partial charge in [0.1, 0.15) is 9.88 Å². The van der Waals surface area contributed by atoms with Crippen molar-refractivity contribution in [1.29, 1.82) is 0 Å². The minimum atomic E-state index is -0.994. The van der Waals surface area contributed by atoms with Crippen molar-refractivity contribution in [3.05, 3.63) is 51.0 Å². The second-order valence-electron chi connectivity index (χ2n) is 6.52. The molecule has 1 atom stereocenters. The lowest BCUT2D eigenvalue weighted by Gasteiger charge is -2.20. The van der Waals surface area contributed by atoms with E-state index in [1.807, 2.05) is 20.8 Å². The first kappa shape index (κ1) is 16.6. The Morgan fingerprint density at radius 1 is 1.25 bits per heavy atom. The van der Waals surface area contributed by atoms with Gasteiger partial charge in [0.25, 0.3) is 0 Å². The lowest BCUT2D eigenvalue weighted by molar-refractivity contribution is -0.124. The Kier molecular flexibility index (Phi) is 4.17. The lowest BCUT2D eigenvalue weighted by Crippen LogP contribution is -2.36. The van der Waals surface area contributed by atoms with Crippen LogP contribution in [0.15, 0.2) is 24.4 Å². The first-order valence-corrected chi connectivity index (χ1v) is 8.72. The van der Waals surface area contributed by atoms with E-state index < -0.39 is 11.4 Å². The predicted molar refractivity (Wildman–Crippen MR) is 92.5 cm³/mol. The number of aromatic carboxylic acids is 1. The molecule has 0 radical (unpaired) electrons. The summed E-state index contributed by atoms with van der Waals surface area (Å²) in [4.78, 5) is 28.1. The molecule has 2 N–H and O–H groups in total. The molecule has 0 bridgehead atoms. The third-order valence-corrected chi connectivity index (χ3v) is 5.58. The van der Waals surface area contributed by atoms with Crippen LogP contribution in [0.1, 0.15) is 57.2 Å². The highest BCUT2D eigenvalue weighted by Gasteiger charge is 2.51. The van der Waals surface area contributed by atoms with Crippen molar-refractivity contribution >= 4 is 23.2 Å². The Balaban J connectivity index is 1.77. The molecule has 2 aromatic rings. The zero-order valence-corrected chi connectivity index (χ0v) is 14.7. The van der Waals surface area contributed by atoms with Crippen LogP contribution in [0.5, 0.6) is 0 Å². The average Bonchev–Trinajstić information content (AvgIpc) is 3.16. The number of aromatic nitrogens is 1. The van der Waals surface area contributed by atoms with Crippen LogP contribution < -0.4 is 5.32 Å². The number of hydrogen-bond donors (Lipinski definition) is 2. The minimum Gasteiger partial charge on any atom is -0.477 e. The van der Waals surface area contributed by atoms with Crippen LogP contribution in [0.2, 0.25) is 0 Å². The molecule has 0 aliphatic heterocycles. The quantitative estimate of drug-likeness (QED) is 0.871. The number of amides is 1. The number of rotatable bonds is 5. The number of carbonyl (C=O) groups excluding carboxylic acids is 1. The maximum atomic E-state index is 12.8. The lowest BCUT2D eigenvalue weighted by atomic mass is 9.92. The fourth-order valence-electron chi connectivity index (χ4n) is 3.01. The number of benzene rings is 1. The van der Waals surface area contributed by atoms with Crippen LogP contribution in [0.4, 0.5) is 0 Å². The molecule has 1 aromatic carbocycles. The van der Waals surface area contributed by atoms with Gasteiger partial charge in [-0.2, -0.15) is 0 Å². The summed E-state index contributed by atoms with van der Waals surface area (Å²) in [5, 5.41) is 12.6. The first-order valence-electron chi connectivity index (χ1n) is 7.90. The van der Waals surface area contributed by atoms with Crippen LogP contribution in [-0.4, -0.2) is 22.0 Å². The van der Waals surface area contributed by atoms with Gasteiger partial charge in [-0.3, -0.25) is 4.79 Å². The Hall–Kier alpha value is -2.21. The van der Waals surface area contributed by atoms with E-state index in [-0.39, 0.29) is 16.8 Å². The van der Waals surface area contributed by atoms with Gasteiger partial charge in [-0.25, -0.2) is 9.78 Å². The Morgan fingerprint density at radius 2 is 1.88 bits per heavy atom. The molecule has 0 saturated heterocycles. The topological polar surface area (TPSA) is 79.3 Å². The highest BCUT2D eigenvalue weighted by molar-refractivity contribution is 7.13.